The number of rotatable bonds is 1. The second-order valence-corrected chi connectivity index (χ2v) is 6.74. The lowest BCUT2D eigenvalue weighted by atomic mass is 9.85. The third kappa shape index (κ3) is 6.48. The molecule has 0 aromatic rings. The largest absolute Gasteiger partial charge is 0.385 e. The Bertz CT molecular complexity index is 450. The van der Waals surface area contributed by atoms with Gasteiger partial charge in [-0.2, -0.15) is 0 Å². The minimum Gasteiger partial charge on any atom is -0.385 e. The van der Waals surface area contributed by atoms with E-state index in [1.165, 1.54) is 16.7 Å². The maximum Gasteiger partial charge on any atom is 0.0888 e. The minimum absolute atomic E-state index is 0.685. The molecule has 1 N–H and O–H groups in total. The van der Waals surface area contributed by atoms with E-state index in [9.17, 15) is 5.11 Å². The average molecular weight is 288 g/mol. The highest BCUT2D eigenvalue weighted by Crippen LogP contribution is 2.29. The normalized spacial score (nSPS) is 26.2. The second-order valence-electron chi connectivity index (χ2n) is 6.74. The monoisotopic (exact) mass is 288 g/mol. The summed E-state index contributed by atoms with van der Waals surface area (Å²) in [5.74, 6) is 0. The van der Waals surface area contributed by atoms with Gasteiger partial charge in [0.05, 0.1) is 5.60 Å². The van der Waals surface area contributed by atoms with Gasteiger partial charge in [0.2, 0.25) is 0 Å². The Morgan fingerprint density at radius 3 is 1.95 bits per heavy atom. The van der Waals surface area contributed by atoms with E-state index in [0.717, 1.165) is 44.1 Å². The third-order valence-electron chi connectivity index (χ3n) is 4.58. The summed E-state index contributed by atoms with van der Waals surface area (Å²) in [5, 5.41) is 10.9. The molecule has 21 heavy (non-hydrogen) atoms. The SMILES string of the molecule is C=C(C)[C@@]1(O)CC=C(C)CCC=C(C)CCC=C(C)CC1. The van der Waals surface area contributed by atoms with Crippen LogP contribution in [0.2, 0.25) is 0 Å². The van der Waals surface area contributed by atoms with Crippen LogP contribution in [0.4, 0.5) is 0 Å². The summed E-state index contributed by atoms with van der Waals surface area (Å²) in [6.45, 7) is 12.5. The van der Waals surface area contributed by atoms with Crippen molar-refractivity contribution in [3.8, 4) is 0 Å². The van der Waals surface area contributed by atoms with Crippen LogP contribution >= 0.6 is 0 Å². The molecule has 1 heteroatoms. The second kappa shape index (κ2) is 8.38. The topological polar surface area (TPSA) is 20.2 Å². The predicted molar refractivity (Wildman–Crippen MR) is 93.4 cm³/mol. The van der Waals surface area contributed by atoms with Gasteiger partial charge < -0.3 is 5.11 Å². The maximum absolute atomic E-state index is 10.9. The van der Waals surface area contributed by atoms with Gasteiger partial charge in [0, 0.05) is 0 Å². The van der Waals surface area contributed by atoms with Crippen LogP contribution in [-0.2, 0) is 0 Å². The van der Waals surface area contributed by atoms with Crippen LogP contribution in [0.5, 0.6) is 0 Å². The van der Waals surface area contributed by atoms with Crippen molar-refractivity contribution >= 4 is 0 Å². The van der Waals surface area contributed by atoms with E-state index < -0.39 is 5.60 Å². The zero-order chi connectivity index (χ0) is 15.9. The summed E-state index contributed by atoms with van der Waals surface area (Å²) in [6, 6.07) is 0. The molecular formula is C20H32O. The molecule has 0 aromatic heterocycles. The summed E-state index contributed by atoms with van der Waals surface area (Å²) in [5.41, 5.74) is 4.35. The third-order valence-corrected chi connectivity index (χ3v) is 4.58. The van der Waals surface area contributed by atoms with Gasteiger partial charge in [0.25, 0.3) is 0 Å². The van der Waals surface area contributed by atoms with E-state index in [-0.39, 0.29) is 0 Å². The van der Waals surface area contributed by atoms with Crippen LogP contribution in [0.3, 0.4) is 0 Å². The summed E-state index contributed by atoms with van der Waals surface area (Å²) in [6.07, 6.45) is 13.7. The summed E-state index contributed by atoms with van der Waals surface area (Å²) in [4.78, 5) is 0. The molecule has 0 aliphatic heterocycles. The lowest BCUT2D eigenvalue weighted by Gasteiger charge is -2.28. The molecule has 0 aromatic carbocycles. The molecular weight excluding hydrogens is 256 g/mol. The predicted octanol–water partition coefficient (Wildman–Crippen LogP) is 5.88. The fourth-order valence-corrected chi connectivity index (χ4v) is 2.64. The van der Waals surface area contributed by atoms with Crippen molar-refractivity contribution in [2.45, 2.75) is 78.2 Å². The lowest BCUT2D eigenvalue weighted by molar-refractivity contribution is 0.0726. The Kier molecular flexibility index (Phi) is 7.17. The van der Waals surface area contributed by atoms with Gasteiger partial charge in [0.1, 0.15) is 0 Å². The van der Waals surface area contributed by atoms with Gasteiger partial charge in [-0.15, -0.1) is 0 Å². The van der Waals surface area contributed by atoms with Gasteiger partial charge in [-0.05, 0) is 78.2 Å². The molecule has 0 spiro atoms. The summed E-state index contributed by atoms with van der Waals surface area (Å²) >= 11 is 0. The van der Waals surface area contributed by atoms with E-state index in [0.29, 0.717) is 6.42 Å². The standard InChI is InChI=1S/C20H32O/c1-16(2)20(21)14-12-18(4)10-6-8-17(3)9-7-11-19(5)13-15-20/h8,11-12,21H,1,6-7,9-10,13-15H2,2-5H3/t20-/m1/s1. The van der Waals surface area contributed by atoms with E-state index in [2.05, 4.69) is 45.6 Å². The Morgan fingerprint density at radius 2 is 1.43 bits per heavy atom. The van der Waals surface area contributed by atoms with Gasteiger partial charge in [-0.3, -0.25) is 0 Å². The van der Waals surface area contributed by atoms with Gasteiger partial charge in [0.15, 0.2) is 0 Å². The Labute approximate surface area is 131 Å². The Balaban J connectivity index is 2.91. The van der Waals surface area contributed by atoms with Crippen LogP contribution in [0, 0.1) is 0 Å². The Hall–Kier alpha value is -1.08. The van der Waals surface area contributed by atoms with Crippen LogP contribution < -0.4 is 0 Å². The van der Waals surface area contributed by atoms with Crippen molar-refractivity contribution in [3.63, 3.8) is 0 Å². The van der Waals surface area contributed by atoms with Gasteiger partial charge in [-0.25, -0.2) is 0 Å². The van der Waals surface area contributed by atoms with E-state index in [4.69, 9.17) is 0 Å². The highest BCUT2D eigenvalue weighted by molar-refractivity contribution is 5.16. The number of hydrogen-bond donors (Lipinski definition) is 1. The zero-order valence-corrected chi connectivity index (χ0v) is 14.3. The fraction of sp³-hybridized carbons (Fsp3) is 0.600. The van der Waals surface area contributed by atoms with Crippen molar-refractivity contribution in [2.75, 3.05) is 0 Å². The number of hydrogen-bond acceptors (Lipinski definition) is 1. The molecule has 1 atom stereocenters. The first-order chi connectivity index (χ1) is 9.83. The van der Waals surface area contributed by atoms with Gasteiger partial charge >= 0.3 is 0 Å². The summed E-state index contributed by atoms with van der Waals surface area (Å²) in [7, 11) is 0. The average Bonchev–Trinajstić information content (AvgIpc) is 2.42. The molecule has 118 valence electrons. The highest BCUT2D eigenvalue weighted by Gasteiger charge is 2.26. The molecule has 0 fully saturated rings. The molecule has 1 aliphatic rings. The van der Waals surface area contributed by atoms with Crippen LogP contribution in [0.15, 0.2) is 47.1 Å². The first-order valence-corrected chi connectivity index (χ1v) is 8.19. The fourth-order valence-electron chi connectivity index (χ4n) is 2.64. The van der Waals surface area contributed by atoms with Crippen molar-refractivity contribution in [2.24, 2.45) is 0 Å². The van der Waals surface area contributed by atoms with E-state index in [1.54, 1.807) is 0 Å². The van der Waals surface area contributed by atoms with E-state index in [1.807, 2.05) is 6.92 Å². The molecule has 1 rings (SSSR count). The van der Waals surface area contributed by atoms with Crippen molar-refractivity contribution in [3.05, 3.63) is 47.1 Å². The van der Waals surface area contributed by atoms with Crippen LogP contribution in [0.1, 0.15) is 72.6 Å². The molecule has 0 saturated heterocycles. The number of aliphatic hydroxyl groups is 1. The molecule has 1 nitrogen and oxygen atoms in total. The van der Waals surface area contributed by atoms with Crippen molar-refractivity contribution in [1.82, 2.24) is 0 Å². The lowest BCUT2D eigenvalue weighted by Crippen LogP contribution is -2.29. The maximum atomic E-state index is 10.9. The molecule has 1 aliphatic carbocycles. The summed E-state index contributed by atoms with van der Waals surface area (Å²) < 4.78 is 0. The van der Waals surface area contributed by atoms with Gasteiger partial charge in [-0.1, -0.05) is 41.5 Å². The highest BCUT2D eigenvalue weighted by atomic mass is 16.3. The molecule has 0 saturated carbocycles. The van der Waals surface area contributed by atoms with E-state index >= 15 is 0 Å². The molecule has 0 heterocycles. The Morgan fingerprint density at radius 1 is 0.952 bits per heavy atom. The molecule has 0 unspecified atom stereocenters. The molecule has 0 amide bonds. The zero-order valence-electron chi connectivity index (χ0n) is 14.3. The van der Waals surface area contributed by atoms with Crippen molar-refractivity contribution in [1.29, 1.82) is 0 Å². The van der Waals surface area contributed by atoms with Crippen LogP contribution in [-0.4, -0.2) is 10.7 Å². The first-order valence-electron chi connectivity index (χ1n) is 8.19. The number of allylic oxidation sites excluding steroid dienone is 5. The molecule has 0 bridgehead atoms. The molecule has 0 radical (unpaired) electrons. The minimum atomic E-state index is -0.758. The first kappa shape index (κ1) is 18.0. The quantitative estimate of drug-likeness (QED) is 0.598. The van der Waals surface area contributed by atoms with Crippen LogP contribution in [0.25, 0.3) is 0 Å². The van der Waals surface area contributed by atoms with Crippen molar-refractivity contribution < 1.29 is 5.11 Å². The smallest absolute Gasteiger partial charge is 0.0888 e.